The topological polar surface area (TPSA) is 90.1 Å². The monoisotopic (exact) mass is 350 g/mol. The van der Waals surface area contributed by atoms with Crippen LogP contribution in [0.3, 0.4) is 0 Å². The molecule has 3 N–H and O–H groups in total. The number of hydrogen-bond acceptors (Lipinski definition) is 5. The molecular weight excluding hydrogens is 335 g/mol. The van der Waals surface area contributed by atoms with E-state index in [1.807, 2.05) is 0 Å². The Hall–Kier alpha value is -2.09. The molecule has 1 saturated heterocycles. The largest absolute Gasteiger partial charge is 0.367 e. The lowest BCUT2D eigenvalue weighted by molar-refractivity contribution is -0.130. The van der Waals surface area contributed by atoms with Crippen molar-refractivity contribution in [3.05, 3.63) is 41.3 Å². The summed E-state index contributed by atoms with van der Waals surface area (Å²) in [6, 6.07) is 5.96. The highest BCUT2D eigenvalue weighted by atomic mass is 35.5. The molecule has 6 nitrogen and oxygen atoms in total. The Morgan fingerprint density at radius 3 is 2.92 bits per heavy atom. The summed E-state index contributed by atoms with van der Waals surface area (Å²) in [6.45, 7) is 0.350. The maximum absolute atomic E-state index is 13.6. The molecule has 2 heterocycles. The molecule has 0 saturated carbocycles. The van der Waals surface area contributed by atoms with Crippen molar-refractivity contribution in [1.29, 1.82) is 0 Å². The summed E-state index contributed by atoms with van der Waals surface area (Å²) in [6.07, 6.45) is 2.20. The van der Waals surface area contributed by atoms with Crippen LogP contribution in [0.5, 0.6) is 0 Å². The van der Waals surface area contributed by atoms with Gasteiger partial charge < -0.3 is 10.5 Å². The minimum absolute atomic E-state index is 0.0339. The number of nitrogens with zero attached hydrogens (tertiary/aromatic N) is 2. The van der Waals surface area contributed by atoms with Crippen molar-refractivity contribution in [2.75, 3.05) is 11.9 Å². The minimum Gasteiger partial charge on any atom is -0.367 e. The van der Waals surface area contributed by atoms with Crippen molar-refractivity contribution in [2.45, 2.75) is 25.0 Å². The van der Waals surface area contributed by atoms with Gasteiger partial charge in [0.15, 0.2) is 0 Å². The Balaban J connectivity index is 1.73. The normalized spacial score (nSPS) is 20.6. The molecule has 0 unspecified atom stereocenters. The first kappa shape index (κ1) is 16.8. The number of aromatic nitrogens is 2. The Bertz CT molecular complexity index is 751. The van der Waals surface area contributed by atoms with E-state index in [0.29, 0.717) is 24.3 Å². The summed E-state index contributed by atoms with van der Waals surface area (Å²) in [5.74, 6) is -0.724. The van der Waals surface area contributed by atoms with Crippen LogP contribution in [0.15, 0.2) is 30.5 Å². The van der Waals surface area contributed by atoms with E-state index >= 15 is 0 Å². The first-order valence-corrected chi connectivity index (χ1v) is 7.87. The number of ether oxygens (including phenoxy) is 1. The summed E-state index contributed by atoms with van der Waals surface area (Å²) in [5.41, 5.74) is 6.75. The fraction of sp³-hybridized carbons (Fsp3) is 0.312. The molecule has 0 bridgehead atoms. The summed E-state index contributed by atoms with van der Waals surface area (Å²) in [5, 5.41) is 2.65. The third-order valence-electron chi connectivity index (χ3n) is 3.71. The molecule has 8 heteroatoms. The SMILES string of the molecule is N[C@@H]1CC[C@@H](C(=O)Nc2nccc(-c3ccc(Cl)c(F)c3)n2)OC1. The van der Waals surface area contributed by atoms with Crippen LogP contribution in [-0.4, -0.2) is 34.6 Å². The lowest BCUT2D eigenvalue weighted by Gasteiger charge is -2.25. The van der Waals surface area contributed by atoms with E-state index < -0.39 is 11.9 Å². The van der Waals surface area contributed by atoms with Crippen molar-refractivity contribution in [3.8, 4) is 11.3 Å². The smallest absolute Gasteiger partial charge is 0.255 e. The first-order valence-electron chi connectivity index (χ1n) is 7.49. The van der Waals surface area contributed by atoms with E-state index in [0.717, 1.165) is 6.42 Å². The van der Waals surface area contributed by atoms with Gasteiger partial charge in [0.2, 0.25) is 5.95 Å². The summed E-state index contributed by atoms with van der Waals surface area (Å²) in [7, 11) is 0. The number of nitrogens with two attached hydrogens (primary N) is 1. The zero-order valence-corrected chi connectivity index (χ0v) is 13.5. The molecule has 2 atom stereocenters. The second-order valence-electron chi connectivity index (χ2n) is 5.54. The maximum Gasteiger partial charge on any atom is 0.255 e. The fourth-order valence-corrected chi connectivity index (χ4v) is 2.52. The highest BCUT2D eigenvalue weighted by Gasteiger charge is 2.25. The molecule has 1 amide bonds. The molecule has 1 aromatic heterocycles. The average molecular weight is 351 g/mol. The first-order chi connectivity index (χ1) is 11.5. The third kappa shape index (κ3) is 3.87. The van der Waals surface area contributed by atoms with Crippen LogP contribution in [-0.2, 0) is 9.53 Å². The van der Waals surface area contributed by atoms with Crippen LogP contribution >= 0.6 is 11.6 Å². The molecule has 1 aliphatic rings. The average Bonchev–Trinajstić information content (AvgIpc) is 2.58. The van der Waals surface area contributed by atoms with Gasteiger partial charge in [-0.25, -0.2) is 14.4 Å². The summed E-state index contributed by atoms with van der Waals surface area (Å²) >= 11 is 5.68. The van der Waals surface area contributed by atoms with Gasteiger partial charge in [-0.1, -0.05) is 17.7 Å². The highest BCUT2D eigenvalue weighted by molar-refractivity contribution is 6.30. The van der Waals surface area contributed by atoms with Crippen molar-refractivity contribution in [3.63, 3.8) is 0 Å². The van der Waals surface area contributed by atoms with Crippen LogP contribution in [0.4, 0.5) is 10.3 Å². The van der Waals surface area contributed by atoms with Crippen LogP contribution in [0, 0.1) is 5.82 Å². The number of halogens is 2. The number of amides is 1. The molecule has 1 aliphatic heterocycles. The van der Waals surface area contributed by atoms with Crippen LogP contribution in [0.1, 0.15) is 12.8 Å². The van der Waals surface area contributed by atoms with Crippen molar-refractivity contribution in [2.24, 2.45) is 5.73 Å². The van der Waals surface area contributed by atoms with Gasteiger partial charge in [0.1, 0.15) is 11.9 Å². The number of anilines is 1. The Morgan fingerprint density at radius 1 is 1.38 bits per heavy atom. The van der Waals surface area contributed by atoms with Crippen molar-refractivity contribution >= 4 is 23.5 Å². The lowest BCUT2D eigenvalue weighted by atomic mass is 10.1. The quantitative estimate of drug-likeness (QED) is 0.887. The van der Waals surface area contributed by atoms with Gasteiger partial charge in [0, 0.05) is 17.8 Å². The van der Waals surface area contributed by atoms with E-state index in [9.17, 15) is 9.18 Å². The number of benzene rings is 1. The number of carbonyl (C=O) groups is 1. The molecule has 0 aliphatic carbocycles. The van der Waals surface area contributed by atoms with Crippen LogP contribution in [0.2, 0.25) is 5.02 Å². The maximum atomic E-state index is 13.6. The van der Waals surface area contributed by atoms with Gasteiger partial charge in [-0.2, -0.15) is 0 Å². The molecule has 24 heavy (non-hydrogen) atoms. The standard InChI is InChI=1S/C16H16ClFN4O2/c17-11-3-1-9(7-12(11)18)13-5-6-20-16(21-13)22-15(23)14-4-2-10(19)8-24-14/h1,3,5-7,10,14H,2,4,8,19H2,(H,20,21,22,23)/t10-,14+/m1/s1. The summed E-state index contributed by atoms with van der Waals surface area (Å²) < 4.78 is 19.0. The number of carbonyl (C=O) groups excluding carboxylic acids is 1. The number of hydrogen-bond donors (Lipinski definition) is 2. The Labute approximate surface area is 143 Å². The molecule has 0 spiro atoms. The zero-order valence-electron chi connectivity index (χ0n) is 12.7. The van der Waals surface area contributed by atoms with E-state index in [2.05, 4.69) is 15.3 Å². The predicted octanol–water partition coefficient (Wildman–Crippen LogP) is 2.38. The molecule has 0 radical (unpaired) electrons. The molecule has 1 fully saturated rings. The van der Waals surface area contributed by atoms with Crippen molar-refractivity contribution < 1.29 is 13.9 Å². The van der Waals surface area contributed by atoms with Gasteiger partial charge >= 0.3 is 0 Å². The second-order valence-corrected chi connectivity index (χ2v) is 5.95. The second kappa shape index (κ2) is 7.21. The molecule has 1 aromatic carbocycles. The lowest BCUT2D eigenvalue weighted by Crippen LogP contribution is -2.41. The zero-order chi connectivity index (χ0) is 17.1. The van der Waals surface area contributed by atoms with Gasteiger partial charge in [-0.15, -0.1) is 0 Å². The van der Waals surface area contributed by atoms with Gasteiger partial charge in [0.25, 0.3) is 5.91 Å². The van der Waals surface area contributed by atoms with Gasteiger partial charge in [-0.3, -0.25) is 10.1 Å². The summed E-state index contributed by atoms with van der Waals surface area (Å²) in [4.78, 5) is 20.4. The molecular formula is C16H16ClFN4O2. The Morgan fingerprint density at radius 2 is 2.21 bits per heavy atom. The van der Waals surface area contributed by atoms with E-state index in [1.54, 1.807) is 12.1 Å². The van der Waals surface area contributed by atoms with Crippen molar-refractivity contribution in [1.82, 2.24) is 9.97 Å². The van der Waals surface area contributed by atoms with E-state index in [4.69, 9.17) is 22.1 Å². The highest BCUT2D eigenvalue weighted by Crippen LogP contribution is 2.23. The van der Waals surface area contributed by atoms with Crippen LogP contribution in [0.25, 0.3) is 11.3 Å². The third-order valence-corrected chi connectivity index (χ3v) is 4.02. The molecule has 126 valence electrons. The minimum atomic E-state index is -0.565. The van der Waals surface area contributed by atoms with E-state index in [-0.39, 0.29) is 22.9 Å². The van der Waals surface area contributed by atoms with Gasteiger partial charge in [-0.05, 0) is 31.0 Å². The van der Waals surface area contributed by atoms with E-state index in [1.165, 1.54) is 18.3 Å². The molecule has 3 rings (SSSR count). The fourth-order valence-electron chi connectivity index (χ4n) is 2.40. The Kier molecular flexibility index (Phi) is 5.03. The number of nitrogens with one attached hydrogen (secondary N) is 1. The predicted molar refractivity (Wildman–Crippen MR) is 88.0 cm³/mol. The van der Waals surface area contributed by atoms with Gasteiger partial charge in [0.05, 0.1) is 17.3 Å². The molecule has 2 aromatic rings. The van der Waals surface area contributed by atoms with Crippen LogP contribution < -0.4 is 11.1 Å². The number of rotatable bonds is 3.